The van der Waals surface area contributed by atoms with Crippen molar-refractivity contribution in [3.63, 3.8) is 0 Å². The lowest BCUT2D eigenvalue weighted by molar-refractivity contribution is 0.0925. The molecule has 1 amide bonds. The second-order valence-corrected chi connectivity index (χ2v) is 9.74. The van der Waals surface area contributed by atoms with Crippen LogP contribution in [0.2, 0.25) is 0 Å². The molecule has 0 bridgehead atoms. The second-order valence-electron chi connectivity index (χ2n) is 8.05. The first kappa shape index (κ1) is 22.6. The summed E-state index contributed by atoms with van der Waals surface area (Å²) in [5, 5.41) is 3.08. The van der Waals surface area contributed by atoms with E-state index in [1.165, 1.54) is 17.7 Å². The molecule has 2 N–H and O–H groups in total. The van der Waals surface area contributed by atoms with Crippen molar-refractivity contribution in [2.45, 2.75) is 38.6 Å². The summed E-state index contributed by atoms with van der Waals surface area (Å²) in [4.78, 5) is 13.1. The van der Waals surface area contributed by atoms with Crippen LogP contribution in [0.3, 0.4) is 0 Å². The summed E-state index contributed by atoms with van der Waals surface area (Å²) in [5.74, 6) is -0.146. The molecule has 3 aromatic carbocycles. The molecular formula is C25H28N2O3S. The van der Waals surface area contributed by atoms with Gasteiger partial charge in [0, 0.05) is 11.3 Å². The number of para-hydroxylation sites is 1. The first-order valence-corrected chi connectivity index (χ1v) is 11.7. The van der Waals surface area contributed by atoms with Gasteiger partial charge in [0.15, 0.2) is 0 Å². The van der Waals surface area contributed by atoms with Crippen LogP contribution >= 0.6 is 0 Å². The Bertz CT molecular complexity index is 1170. The second kappa shape index (κ2) is 9.35. The lowest BCUT2D eigenvalue weighted by atomic mass is 9.91. The van der Waals surface area contributed by atoms with Gasteiger partial charge >= 0.3 is 0 Å². The topological polar surface area (TPSA) is 75.3 Å². The molecule has 3 rings (SSSR count). The molecular weight excluding hydrogens is 408 g/mol. The van der Waals surface area contributed by atoms with Crippen LogP contribution in [0.1, 0.15) is 46.9 Å². The maximum atomic E-state index is 13.0. The molecule has 6 heteroatoms. The Hall–Kier alpha value is -3.12. The molecule has 0 unspecified atom stereocenters. The van der Waals surface area contributed by atoms with E-state index in [2.05, 4.69) is 30.0 Å². The molecule has 0 aromatic heterocycles. The number of nitrogens with one attached hydrogen (secondary N) is 2. The Kier molecular flexibility index (Phi) is 6.81. The van der Waals surface area contributed by atoms with E-state index in [0.29, 0.717) is 11.3 Å². The summed E-state index contributed by atoms with van der Waals surface area (Å²) in [6.45, 7) is 8.17. The van der Waals surface area contributed by atoms with Gasteiger partial charge in [-0.25, -0.2) is 8.42 Å². The number of carbonyl (C=O) groups is 1. The molecule has 0 saturated carbocycles. The predicted octanol–water partition coefficient (Wildman–Crippen LogP) is 5.23. The third kappa shape index (κ3) is 5.52. The summed E-state index contributed by atoms with van der Waals surface area (Å²) in [6.07, 6.45) is 0. The van der Waals surface area contributed by atoms with E-state index in [-0.39, 0.29) is 22.8 Å². The van der Waals surface area contributed by atoms with Crippen LogP contribution < -0.4 is 10.0 Å². The number of aryl methyl sites for hydroxylation is 2. The van der Waals surface area contributed by atoms with Gasteiger partial charge in [0.1, 0.15) is 0 Å². The Labute approximate surface area is 184 Å². The zero-order chi connectivity index (χ0) is 22.6. The van der Waals surface area contributed by atoms with Gasteiger partial charge in [0.2, 0.25) is 0 Å². The highest BCUT2D eigenvalue weighted by Gasteiger charge is 2.22. The molecule has 0 aliphatic heterocycles. The van der Waals surface area contributed by atoms with Crippen molar-refractivity contribution in [2.24, 2.45) is 5.92 Å². The highest BCUT2D eigenvalue weighted by atomic mass is 32.2. The molecule has 162 valence electrons. The normalized spacial score (nSPS) is 12.4. The number of sulfonamides is 1. The van der Waals surface area contributed by atoms with E-state index >= 15 is 0 Å². The largest absolute Gasteiger partial charge is 0.345 e. The van der Waals surface area contributed by atoms with E-state index in [1.54, 1.807) is 36.4 Å². The van der Waals surface area contributed by atoms with Gasteiger partial charge in [-0.1, -0.05) is 61.9 Å². The van der Waals surface area contributed by atoms with Gasteiger partial charge in [-0.15, -0.1) is 0 Å². The zero-order valence-electron chi connectivity index (χ0n) is 18.2. The lowest BCUT2D eigenvalue weighted by Gasteiger charge is -2.25. The summed E-state index contributed by atoms with van der Waals surface area (Å²) in [5.41, 5.74) is 4.10. The fourth-order valence-electron chi connectivity index (χ4n) is 3.53. The van der Waals surface area contributed by atoms with Crippen molar-refractivity contribution in [3.8, 4) is 0 Å². The van der Waals surface area contributed by atoms with Crippen molar-refractivity contribution in [3.05, 3.63) is 95.1 Å². The van der Waals surface area contributed by atoms with E-state index in [4.69, 9.17) is 0 Å². The molecule has 0 heterocycles. The molecule has 0 aliphatic carbocycles. The van der Waals surface area contributed by atoms with Crippen molar-refractivity contribution in [2.75, 3.05) is 4.72 Å². The van der Waals surface area contributed by atoms with Gasteiger partial charge in [-0.2, -0.15) is 0 Å². The highest BCUT2D eigenvalue weighted by molar-refractivity contribution is 7.92. The van der Waals surface area contributed by atoms with Crippen molar-refractivity contribution >= 4 is 21.6 Å². The van der Waals surface area contributed by atoms with Crippen LogP contribution in [0.5, 0.6) is 0 Å². The number of hydrogen-bond acceptors (Lipinski definition) is 3. The Morgan fingerprint density at radius 1 is 0.871 bits per heavy atom. The minimum absolute atomic E-state index is 0.0385. The molecule has 0 aliphatic rings. The monoisotopic (exact) mass is 436 g/mol. The van der Waals surface area contributed by atoms with Crippen molar-refractivity contribution in [1.29, 1.82) is 0 Å². The van der Waals surface area contributed by atoms with Gasteiger partial charge < -0.3 is 5.32 Å². The third-order valence-electron chi connectivity index (χ3n) is 5.15. The number of carbonyl (C=O) groups excluding carboxylic acids is 1. The number of anilines is 1. The maximum Gasteiger partial charge on any atom is 0.261 e. The van der Waals surface area contributed by atoms with E-state index < -0.39 is 10.0 Å². The Balaban J connectivity index is 1.85. The fraction of sp³-hybridized carbons (Fsp3) is 0.240. The summed E-state index contributed by atoms with van der Waals surface area (Å²) >= 11 is 0. The van der Waals surface area contributed by atoms with Crippen LogP contribution in [0.25, 0.3) is 0 Å². The molecule has 0 spiro atoms. The minimum Gasteiger partial charge on any atom is -0.345 e. The third-order valence-corrected chi connectivity index (χ3v) is 6.53. The zero-order valence-corrected chi connectivity index (χ0v) is 19.0. The minimum atomic E-state index is -3.81. The number of hydrogen-bond donors (Lipinski definition) is 2. The molecule has 31 heavy (non-hydrogen) atoms. The molecule has 0 saturated heterocycles. The van der Waals surface area contributed by atoms with Gasteiger partial charge in [0.25, 0.3) is 15.9 Å². The van der Waals surface area contributed by atoms with Crippen LogP contribution in [0, 0.1) is 19.8 Å². The highest BCUT2D eigenvalue weighted by Crippen LogP contribution is 2.26. The quantitative estimate of drug-likeness (QED) is 0.532. The predicted molar refractivity (Wildman–Crippen MR) is 125 cm³/mol. The summed E-state index contributed by atoms with van der Waals surface area (Å²) in [6, 6.07) is 20.7. The smallest absolute Gasteiger partial charge is 0.261 e. The first-order chi connectivity index (χ1) is 14.7. The van der Waals surface area contributed by atoms with Gasteiger partial charge in [0.05, 0.1) is 10.9 Å². The first-order valence-electron chi connectivity index (χ1n) is 10.2. The number of rotatable bonds is 7. The number of benzene rings is 3. The molecule has 0 fully saturated rings. The van der Waals surface area contributed by atoms with Crippen molar-refractivity contribution < 1.29 is 13.2 Å². The van der Waals surface area contributed by atoms with Crippen molar-refractivity contribution in [1.82, 2.24) is 5.32 Å². The SMILES string of the molecule is Cc1ccc([C@H](NC(=O)c2cccc(S(=O)(=O)Nc3ccccc3)c2)C(C)C)c(C)c1. The summed E-state index contributed by atoms with van der Waals surface area (Å²) < 4.78 is 28.1. The maximum absolute atomic E-state index is 13.0. The standard InChI is InChI=1S/C25H28N2O3S/c1-17(2)24(23-14-13-18(3)15-19(23)4)26-25(28)20-9-8-12-22(16-20)31(29,30)27-21-10-6-5-7-11-21/h5-17,24,27H,1-4H3,(H,26,28)/t24-/m1/s1. The lowest BCUT2D eigenvalue weighted by Crippen LogP contribution is -2.32. The van der Waals surface area contributed by atoms with E-state index in [9.17, 15) is 13.2 Å². The van der Waals surface area contributed by atoms with Crippen LogP contribution in [0.4, 0.5) is 5.69 Å². The molecule has 0 radical (unpaired) electrons. The Morgan fingerprint density at radius 2 is 1.58 bits per heavy atom. The van der Waals surface area contributed by atoms with E-state index in [0.717, 1.165) is 11.1 Å². The fourth-order valence-corrected chi connectivity index (χ4v) is 4.63. The molecule has 3 aromatic rings. The van der Waals surface area contributed by atoms with Crippen LogP contribution in [-0.4, -0.2) is 14.3 Å². The molecule has 1 atom stereocenters. The van der Waals surface area contributed by atoms with Gasteiger partial charge in [-0.05, 0) is 61.2 Å². The Morgan fingerprint density at radius 3 is 2.23 bits per heavy atom. The summed E-state index contributed by atoms with van der Waals surface area (Å²) in [7, 11) is -3.81. The number of amides is 1. The average Bonchev–Trinajstić information content (AvgIpc) is 2.73. The molecule has 5 nitrogen and oxygen atoms in total. The van der Waals surface area contributed by atoms with Crippen LogP contribution in [-0.2, 0) is 10.0 Å². The van der Waals surface area contributed by atoms with Crippen LogP contribution in [0.15, 0.2) is 77.7 Å². The average molecular weight is 437 g/mol. The van der Waals surface area contributed by atoms with Gasteiger partial charge in [-0.3, -0.25) is 9.52 Å². The van der Waals surface area contributed by atoms with E-state index in [1.807, 2.05) is 32.0 Å².